The average molecular weight is 280 g/mol. The lowest BCUT2D eigenvalue weighted by Crippen LogP contribution is -2.36. The van der Waals surface area contributed by atoms with Crippen LogP contribution < -0.4 is 10.5 Å². The summed E-state index contributed by atoms with van der Waals surface area (Å²) in [5.74, 6) is 0.811. The third-order valence-electron chi connectivity index (χ3n) is 3.08. The highest BCUT2D eigenvalue weighted by atomic mass is 16.5. The van der Waals surface area contributed by atoms with Gasteiger partial charge in [0.25, 0.3) is 0 Å². The van der Waals surface area contributed by atoms with Crippen LogP contribution in [0.5, 0.6) is 5.75 Å². The molecule has 0 fully saturated rings. The van der Waals surface area contributed by atoms with E-state index in [9.17, 15) is 4.79 Å². The third-order valence-corrected chi connectivity index (χ3v) is 3.08. The van der Waals surface area contributed by atoms with Crippen molar-refractivity contribution in [3.63, 3.8) is 0 Å². The van der Waals surface area contributed by atoms with E-state index in [1.165, 1.54) is 0 Å². The van der Waals surface area contributed by atoms with Crippen molar-refractivity contribution in [2.75, 3.05) is 40.5 Å². The molecule has 0 aliphatic rings. The van der Waals surface area contributed by atoms with E-state index in [2.05, 4.69) is 0 Å². The topological polar surface area (TPSA) is 64.8 Å². The molecule has 5 nitrogen and oxygen atoms in total. The van der Waals surface area contributed by atoms with Gasteiger partial charge in [0.15, 0.2) is 0 Å². The molecule has 20 heavy (non-hydrogen) atoms. The number of hydrogen-bond donors (Lipinski definition) is 1. The normalized spacial score (nSPS) is 10.3. The van der Waals surface area contributed by atoms with E-state index in [-0.39, 0.29) is 5.91 Å². The Balaban J connectivity index is 2.68. The lowest BCUT2D eigenvalue weighted by atomic mass is 10.1. The van der Waals surface area contributed by atoms with Crippen LogP contribution in [-0.2, 0) is 16.0 Å². The van der Waals surface area contributed by atoms with E-state index in [0.717, 1.165) is 17.7 Å². The second-order valence-corrected chi connectivity index (χ2v) is 4.50. The van der Waals surface area contributed by atoms with Gasteiger partial charge in [-0.05, 0) is 19.0 Å². The van der Waals surface area contributed by atoms with Gasteiger partial charge in [-0.1, -0.05) is 18.2 Å². The minimum absolute atomic E-state index is 0.0694. The summed E-state index contributed by atoms with van der Waals surface area (Å²) in [5.41, 5.74) is 6.41. The van der Waals surface area contributed by atoms with Gasteiger partial charge in [-0.15, -0.1) is 0 Å². The maximum absolute atomic E-state index is 12.4. The molecule has 2 N–H and O–H groups in total. The summed E-state index contributed by atoms with van der Waals surface area (Å²) < 4.78 is 10.3. The van der Waals surface area contributed by atoms with Crippen molar-refractivity contribution in [1.29, 1.82) is 0 Å². The quantitative estimate of drug-likeness (QED) is 0.734. The third kappa shape index (κ3) is 5.19. The number of carbonyl (C=O) groups excluding carboxylic acids is 1. The van der Waals surface area contributed by atoms with E-state index in [4.69, 9.17) is 15.2 Å². The molecular weight excluding hydrogens is 256 g/mol. The molecule has 0 spiro atoms. The second kappa shape index (κ2) is 9.34. The van der Waals surface area contributed by atoms with Crippen molar-refractivity contribution in [3.8, 4) is 5.75 Å². The lowest BCUT2D eigenvalue weighted by molar-refractivity contribution is -0.131. The molecule has 0 aliphatic carbocycles. The van der Waals surface area contributed by atoms with Crippen LogP contribution in [0.4, 0.5) is 0 Å². The Morgan fingerprint density at radius 2 is 2.00 bits per heavy atom. The molecule has 112 valence electrons. The van der Waals surface area contributed by atoms with Crippen LogP contribution in [0, 0.1) is 0 Å². The van der Waals surface area contributed by atoms with Gasteiger partial charge >= 0.3 is 0 Å². The Morgan fingerprint density at radius 1 is 1.25 bits per heavy atom. The zero-order valence-electron chi connectivity index (χ0n) is 12.3. The summed E-state index contributed by atoms with van der Waals surface area (Å²) in [6, 6.07) is 7.57. The Kier molecular flexibility index (Phi) is 7.69. The fourth-order valence-electron chi connectivity index (χ4n) is 1.97. The summed E-state index contributed by atoms with van der Waals surface area (Å²) in [4.78, 5) is 14.2. The molecule has 0 aliphatic heterocycles. The number of carbonyl (C=O) groups is 1. The van der Waals surface area contributed by atoms with Gasteiger partial charge in [-0.3, -0.25) is 4.79 Å². The van der Waals surface area contributed by atoms with E-state index in [0.29, 0.717) is 32.7 Å². The Hall–Kier alpha value is -1.59. The van der Waals surface area contributed by atoms with Crippen LogP contribution in [0.2, 0.25) is 0 Å². The van der Waals surface area contributed by atoms with Gasteiger partial charge in [0.05, 0.1) is 20.1 Å². The summed E-state index contributed by atoms with van der Waals surface area (Å²) >= 11 is 0. The van der Waals surface area contributed by atoms with E-state index >= 15 is 0 Å². The Morgan fingerprint density at radius 3 is 2.65 bits per heavy atom. The number of benzene rings is 1. The molecule has 1 aromatic carbocycles. The molecule has 0 aromatic heterocycles. The zero-order valence-corrected chi connectivity index (χ0v) is 12.3. The van der Waals surface area contributed by atoms with Gasteiger partial charge in [0.1, 0.15) is 5.75 Å². The van der Waals surface area contributed by atoms with Crippen LogP contribution in [0.25, 0.3) is 0 Å². The number of nitrogens with two attached hydrogens (primary N) is 1. The highest BCUT2D eigenvalue weighted by Gasteiger charge is 2.15. The summed E-state index contributed by atoms with van der Waals surface area (Å²) in [5, 5.41) is 0. The molecule has 1 rings (SSSR count). The van der Waals surface area contributed by atoms with Crippen LogP contribution in [-0.4, -0.2) is 51.3 Å². The van der Waals surface area contributed by atoms with Gasteiger partial charge in [0.2, 0.25) is 5.91 Å². The maximum atomic E-state index is 12.4. The van der Waals surface area contributed by atoms with Gasteiger partial charge in [-0.25, -0.2) is 0 Å². The maximum Gasteiger partial charge on any atom is 0.227 e. The largest absolute Gasteiger partial charge is 0.496 e. The van der Waals surface area contributed by atoms with Crippen molar-refractivity contribution >= 4 is 5.91 Å². The highest BCUT2D eigenvalue weighted by molar-refractivity contribution is 5.79. The van der Waals surface area contributed by atoms with Crippen molar-refractivity contribution in [3.05, 3.63) is 29.8 Å². The molecular formula is C15H24N2O3. The molecule has 0 unspecified atom stereocenters. The second-order valence-electron chi connectivity index (χ2n) is 4.50. The summed E-state index contributed by atoms with van der Waals surface area (Å²) in [6.45, 7) is 2.35. The highest BCUT2D eigenvalue weighted by Crippen LogP contribution is 2.18. The van der Waals surface area contributed by atoms with Crippen molar-refractivity contribution in [1.82, 2.24) is 4.90 Å². The van der Waals surface area contributed by atoms with Gasteiger partial charge in [-0.2, -0.15) is 0 Å². The Labute approximate surface area is 120 Å². The molecule has 0 saturated carbocycles. The predicted octanol–water partition coefficient (Wildman–Crippen LogP) is 1.06. The van der Waals surface area contributed by atoms with Crippen molar-refractivity contribution in [2.24, 2.45) is 5.73 Å². The lowest BCUT2D eigenvalue weighted by Gasteiger charge is -2.22. The molecule has 0 atom stereocenters. The smallest absolute Gasteiger partial charge is 0.227 e. The van der Waals surface area contributed by atoms with Crippen molar-refractivity contribution < 1.29 is 14.3 Å². The molecule has 0 saturated heterocycles. The Bertz CT molecular complexity index is 402. The number of nitrogens with zero attached hydrogens (tertiary/aromatic N) is 1. The monoisotopic (exact) mass is 280 g/mol. The first-order valence-electron chi connectivity index (χ1n) is 6.81. The number of hydrogen-bond acceptors (Lipinski definition) is 4. The number of ether oxygens (including phenoxy) is 2. The molecule has 0 heterocycles. The van der Waals surface area contributed by atoms with Crippen LogP contribution in [0.3, 0.4) is 0 Å². The van der Waals surface area contributed by atoms with E-state index in [1.807, 2.05) is 24.3 Å². The summed E-state index contributed by atoms with van der Waals surface area (Å²) in [7, 11) is 3.24. The number of para-hydroxylation sites is 1. The molecule has 5 heteroatoms. The standard InChI is InChI=1S/C15H24N2O3/c1-19-11-10-17(9-5-8-16)15(18)12-13-6-3-4-7-14(13)20-2/h3-4,6-7H,5,8-12,16H2,1-2H3. The van der Waals surface area contributed by atoms with Crippen molar-refractivity contribution in [2.45, 2.75) is 12.8 Å². The molecule has 0 radical (unpaired) electrons. The van der Waals surface area contributed by atoms with E-state index < -0.39 is 0 Å². The predicted molar refractivity (Wildman–Crippen MR) is 78.8 cm³/mol. The first-order chi connectivity index (χ1) is 9.72. The molecule has 1 amide bonds. The fourth-order valence-corrected chi connectivity index (χ4v) is 1.97. The minimum Gasteiger partial charge on any atom is -0.496 e. The number of amides is 1. The minimum atomic E-state index is 0.0694. The van der Waals surface area contributed by atoms with E-state index in [1.54, 1.807) is 19.1 Å². The number of methoxy groups -OCH3 is 2. The fraction of sp³-hybridized carbons (Fsp3) is 0.533. The van der Waals surface area contributed by atoms with Gasteiger partial charge < -0.3 is 20.1 Å². The SMILES string of the molecule is COCCN(CCCN)C(=O)Cc1ccccc1OC. The van der Waals surface area contributed by atoms with Crippen LogP contribution >= 0.6 is 0 Å². The first kappa shape index (κ1) is 16.5. The summed E-state index contributed by atoms with van der Waals surface area (Å²) in [6.07, 6.45) is 1.12. The average Bonchev–Trinajstić information content (AvgIpc) is 2.47. The van der Waals surface area contributed by atoms with Gasteiger partial charge in [0, 0.05) is 25.8 Å². The first-order valence-corrected chi connectivity index (χ1v) is 6.81. The van der Waals surface area contributed by atoms with Crippen LogP contribution in [0.15, 0.2) is 24.3 Å². The molecule has 0 bridgehead atoms. The van der Waals surface area contributed by atoms with Crippen LogP contribution in [0.1, 0.15) is 12.0 Å². The molecule has 1 aromatic rings. The number of rotatable bonds is 9. The zero-order chi connectivity index (χ0) is 14.8.